The number of carbonyl (C=O) groups is 1. The van der Waals surface area contributed by atoms with Gasteiger partial charge in [0.1, 0.15) is 5.75 Å². The van der Waals surface area contributed by atoms with Gasteiger partial charge in [0.15, 0.2) is 5.78 Å². The van der Waals surface area contributed by atoms with E-state index in [1.807, 2.05) is 38.2 Å². The number of ether oxygens (including phenoxy) is 1. The Morgan fingerprint density at radius 3 is 2.90 bits per heavy atom. The number of aromatic amines is 1. The Balaban J connectivity index is 1.99. The van der Waals surface area contributed by atoms with Crippen molar-refractivity contribution in [2.24, 2.45) is 0 Å². The molecule has 0 amide bonds. The van der Waals surface area contributed by atoms with Gasteiger partial charge in [-0.2, -0.15) is 0 Å². The molecule has 0 aliphatic carbocycles. The maximum Gasteiger partial charge on any atom is 0.182 e. The standard InChI is InChI=1S/C17H22N2O2/c1-11(2)21-15-8-5-7-13-16(15)12(10-19-13)17(20)14-6-3-4-9-18-14/h5,7-8,10-11,14,18-19H,3-4,6,9H2,1-2H3. The number of H-pyrrole nitrogens is 1. The summed E-state index contributed by atoms with van der Waals surface area (Å²) in [6.07, 6.45) is 5.08. The van der Waals surface area contributed by atoms with Crippen LogP contribution >= 0.6 is 0 Å². The van der Waals surface area contributed by atoms with Crippen molar-refractivity contribution < 1.29 is 9.53 Å². The van der Waals surface area contributed by atoms with Crippen molar-refractivity contribution in [1.82, 2.24) is 10.3 Å². The molecule has 2 aromatic rings. The Morgan fingerprint density at radius 1 is 1.33 bits per heavy atom. The fourth-order valence-electron chi connectivity index (χ4n) is 2.96. The van der Waals surface area contributed by atoms with E-state index in [-0.39, 0.29) is 17.9 Å². The summed E-state index contributed by atoms with van der Waals surface area (Å²) in [6.45, 7) is 4.92. The van der Waals surface area contributed by atoms with Gasteiger partial charge >= 0.3 is 0 Å². The van der Waals surface area contributed by atoms with Gasteiger partial charge in [0.2, 0.25) is 0 Å². The molecule has 1 aromatic heterocycles. The van der Waals surface area contributed by atoms with Crippen molar-refractivity contribution in [3.8, 4) is 5.75 Å². The number of Topliss-reactive ketones (excluding diaryl/α,β-unsaturated/α-hetero) is 1. The molecule has 1 aliphatic rings. The van der Waals surface area contributed by atoms with E-state index in [9.17, 15) is 4.79 Å². The summed E-state index contributed by atoms with van der Waals surface area (Å²) in [5.74, 6) is 0.948. The smallest absolute Gasteiger partial charge is 0.182 e. The molecule has 0 radical (unpaired) electrons. The van der Waals surface area contributed by atoms with Crippen molar-refractivity contribution in [2.75, 3.05) is 6.54 Å². The van der Waals surface area contributed by atoms with E-state index >= 15 is 0 Å². The van der Waals surface area contributed by atoms with Crippen molar-refractivity contribution in [1.29, 1.82) is 0 Å². The van der Waals surface area contributed by atoms with Crippen LogP contribution in [0.3, 0.4) is 0 Å². The zero-order valence-corrected chi connectivity index (χ0v) is 12.6. The zero-order valence-electron chi connectivity index (χ0n) is 12.6. The largest absolute Gasteiger partial charge is 0.490 e. The third-order valence-electron chi connectivity index (χ3n) is 3.92. The van der Waals surface area contributed by atoms with Gasteiger partial charge in [-0.15, -0.1) is 0 Å². The molecular weight excluding hydrogens is 264 g/mol. The molecule has 4 heteroatoms. The van der Waals surface area contributed by atoms with Crippen LogP contribution in [0.5, 0.6) is 5.75 Å². The molecule has 2 N–H and O–H groups in total. The first-order chi connectivity index (χ1) is 10.2. The van der Waals surface area contributed by atoms with Gasteiger partial charge in [-0.3, -0.25) is 4.79 Å². The van der Waals surface area contributed by atoms with E-state index < -0.39 is 0 Å². The minimum Gasteiger partial charge on any atom is -0.490 e. The van der Waals surface area contributed by atoms with Gasteiger partial charge in [-0.05, 0) is 45.4 Å². The lowest BCUT2D eigenvalue weighted by atomic mass is 9.96. The first-order valence-electron chi connectivity index (χ1n) is 7.71. The molecule has 1 unspecified atom stereocenters. The third kappa shape index (κ3) is 2.81. The van der Waals surface area contributed by atoms with Gasteiger partial charge in [-0.25, -0.2) is 0 Å². The minimum absolute atomic E-state index is 0.0649. The summed E-state index contributed by atoms with van der Waals surface area (Å²) < 4.78 is 5.87. The highest BCUT2D eigenvalue weighted by Crippen LogP contribution is 2.31. The van der Waals surface area contributed by atoms with Gasteiger partial charge < -0.3 is 15.0 Å². The predicted molar refractivity (Wildman–Crippen MR) is 84.0 cm³/mol. The fraction of sp³-hybridized carbons (Fsp3) is 0.471. The van der Waals surface area contributed by atoms with Gasteiger partial charge in [0.25, 0.3) is 0 Å². The van der Waals surface area contributed by atoms with Gasteiger partial charge in [-0.1, -0.05) is 12.5 Å². The quantitative estimate of drug-likeness (QED) is 0.848. The summed E-state index contributed by atoms with van der Waals surface area (Å²) in [7, 11) is 0. The van der Waals surface area contributed by atoms with E-state index in [0.29, 0.717) is 0 Å². The molecule has 0 spiro atoms. The van der Waals surface area contributed by atoms with Crippen molar-refractivity contribution in [3.05, 3.63) is 30.0 Å². The number of hydrogen-bond acceptors (Lipinski definition) is 3. The molecular formula is C17H22N2O2. The lowest BCUT2D eigenvalue weighted by molar-refractivity contribution is 0.0928. The Labute approximate surface area is 124 Å². The summed E-state index contributed by atoms with van der Waals surface area (Å²) >= 11 is 0. The number of ketones is 1. The van der Waals surface area contributed by atoms with Crippen LogP contribution in [0.4, 0.5) is 0 Å². The van der Waals surface area contributed by atoms with Gasteiger partial charge in [0, 0.05) is 17.3 Å². The first kappa shape index (κ1) is 14.1. The highest BCUT2D eigenvalue weighted by atomic mass is 16.5. The summed E-state index contributed by atoms with van der Waals surface area (Å²) in [4.78, 5) is 16.0. The molecule has 4 nitrogen and oxygen atoms in total. The van der Waals surface area contributed by atoms with Crippen molar-refractivity contribution >= 4 is 16.7 Å². The van der Waals surface area contributed by atoms with Crippen LogP contribution < -0.4 is 10.1 Å². The Bertz CT molecular complexity index is 639. The zero-order chi connectivity index (χ0) is 14.8. The summed E-state index contributed by atoms with van der Waals surface area (Å²) in [5, 5.41) is 4.23. The molecule has 112 valence electrons. The number of nitrogens with one attached hydrogen (secondary N) is 2. The number of rotatable bonds is 4. The molecule has 2 heterocycles. The maximum atomic E-state index is 12.8. The number of fused-ring (bicyclic) bond motifs is 1. The lowest BCUT2D eigenvalue weighted by Gasteiger charge is -2.22. The van der Waals surface area contributed by atoms with Crippen molar-refractivity contribution in [2.45, 2.75) is 45.3 Å². The number of hydrogen-bond donors (Lipinski definition) is 2. The summed E-state index contributed by atoms with van der Waals surface area (Å²) in [6, 6.07) is 5.79. The second-order valence-electron chi connectivity index (χ2n) is 5.91. The number of piperidine rings is 1. The van der Waals surface area contributed by atoms with E-state index in [4.69, 9.17) is 4.74 Å². The molecule has 1 fully saturated rings. The molecule has 1 aliphatic heterocycles. The van der Waals surface area contributed by atoms with Crippen LogP contribution in [0, 0.1) is 0 Å². The molecule has 3 rings (SSSR count). The average molecular weight is 286 g/mol. The number of benzene rings is 1. The normalized spacial score (nSPS) is 19.1. The predicted octanol–water partition coefficient (Wildman–Crippen LogP) is 3.28. The van der Waals surface area contributed by atoms with E-state index in [1.54, 1.807) is 0 Å². The van der Waals surface area contributed by atoms with E-state index in [2.05, 4.69) is 10.3 Å². The second kappa shape index (κ2) is 5.90. The van der Waals surface area contributed by atoms with E-state index in [0.717, 1.165) is 48.0 Å². The Kier molecular flexibility index (Phi) is 3.97. The Morgan fingerprint density at radius 2 is 2.19 bits per heavy atom. The molecule has 1 aromatic carbocycles. The Hall–Kier alpha value is -1.81. The highest BCUT2D eigenvalue weighted by Gasteiger charge is 2.25. The number of aromatic nitrogens is 1. The molecule has 0 saturated carbocycles. The summed E-state index contributed by atoms with van der Waals surface area (Å²) in [5.41, 5.74) is 1.69. The van der Waals surface area contributed by atoms with Crippen LogP contribution in [0.2, 0.25) is 0 Å². The van der Waals surface area contributed by atoms with Crippen LogP contribution in [-0.4, -0.2) is 29.5 Å². The van der Waals surface area contributed by atoms with Crippen LogP contribution in [0.25, 0.3) is 10.9 Å². The lowest BCUT2D eigenvalue weighted by Crippen LogP contribution is -2.40. The monoisotopic (exact) mass is 286 g/mol. The fourth-order valence-corrected chi connectivity index (χ4v) is 2.96. The number of carbonyl (C=O) groups excluding carboxylic acids is 1. The second-order valence-corrected chi connectivity index (χ2v) is 5.91. The highest BCUT2D eigenvalue weighted by molar-refractivity contribution is 6.12. The SMILES string of the molecule is CC(C)Oc1cccc2[nH]cc(C(=O)C3CCCCN3)c12. The molecule has 21 heavy (non-hydrogen) atoms. The van der Waals surface area contributed by atoms with Crippen molar-refractivity contribution in [3.63, 3.8) is 0 Å². The molecule has 1 atom stereocenters. The van der Waals surface area contributed by atoms with E-state index in [1.165, 1.54) is 0 Å². The molecule has 1 saturated heterocycles. The van der Waals surface area contributed by atoms with Crippen LogP contribution in [0.15, 0.2) is 24.4 Å². The minimum atomic E-state index is -0.0649. The van der Waals surface area contributed by atoms with Crippen LogP contribution in [0.1, 0.15) is 43.5 Å². The van der Waals surface area contributed by atoms with Gasteiger partial charge in [0.05, 0.1) is 17.5 Å². The van der Waals surface area contributed by atoms with Crippen LogP contribution in [-0.2, 0) is 0 Å². The average Bonchev–Trinajstić information content (AvgIpc) is 2.92. The molecule has 0 bridgehead atoms. The maximum absolute atomic E-state index is 12.8. The topological polar surface area (TPSA) is 54.1 Å². The first-order valence-corrected chi connectivity index (χ1v) is 7.71. The third-order valence-corrected chi connectivity index (χ3v) is 3.92.